The summed E-state index contributed by atoms with van der Waals surface area (Å²) >= 11 is 0. The second-order valence-corrected chi connectivity index (χ2v) is 6.09. The zero-order valence-electron chi connectivity index (χ0n) is 12.8. The molecule has 1 aliphatic rings. The molecular formula is C16H24N2O2. The predicted octanol–water partition coefficient (Wildman–Crippen LogP) is 3.09. The molecule has 0 aliphatic carbocycles. The topological polar surface area (TPSA) is 41.6 Å². The fourth-order valence-electron chi connectivity index (χ4n) is 2.44. The standard InChI is InChI=1S/C16H24N2O2/c1-5-17-11-13-8-6-7-12-9-10-18(14(12)13)15(19)20-16(2,3)4/h6-8,17H,5,9-11H2,1-4H3. The van der Waals surface area contributed by atoms with Gasteiger partial charge in [0.05, 0.1) is 5.69 Å². The number of rotatable bonds is 3. The molecule has 1 aliphatic heterocycles. The maximum Gasteiger partial charge on any atom is 0.414 e. The van der Waals surface area contributed by atoms with Crippen molar-refractivity contribution in [2.24, 2.45) is 0 Å². The summed E-state index contributed by atoms with van der Waals surface area (Å²) in [7, 11) is 0. The van der Waals surface area contributed by atoms with Gasteiger partial charge in [0.1, 0.15) is 5.60 Å². The third kappa shape index (κ3) is 3.31. The summed E-state index contributed by atoms with van der Waals surface area (Å²) in [6.07, 6.45) is 0.648. The first-order valence-corrected chi connectivity index (χ1v) is 7.24. The lowest BCUT2D eigenvalue weighted by Gasteiger charge is -2.26. The van der Waals surface area contributed by atoms with Crippen LogP contribution in [0.25, 0.3) is 0 Å². The molecular weight excluding hydrogens is 252 g/mol. The molecule has 110 valence electrons. The number of para-hydroxylation sites is 1. The lowest BCUT2D eigenvalue weighted by atomic mass is 10.1. The smallest absolute Gasteiger partial charge is 0.414 e. The summed E-state index contributed by atoms with van der Waals surface area (Å²) in [5.74, 6) is 0. The van der Waals surface area contributed by atoms with Crippen LogP contribution in [0.3, 0.4) is 0 Å². The maximum absolute atomic E-state index is 12.3. The highest BCUT2D eigenvalue weighted by Gasteiger charge is 2.30. The number of carbonyl (C=O) groups excluding carboxylic acids is 1. The molecule has 0 saturated carbocycles. The molecule has 20 heavy (non-hydrogen) atoms. The number of nitrogens with zero attached hydrogens (tertiary/aromatic N) is 1. The fraction of sp³-hybridized carbons (Fsp3) is 0.562. The minimum atomic E-state index is -0.462. The summed E-state index contributed by atoms with van der Waals surface area (Å²) < 4.78 is 5.50. The zero-order chi connectivity index (χ0) is 14.8. The third-order valence-electron chi connectivity index (χ3n) is 3.26. The number of nitrogens with one attached hydrogen (secondary N) is 1. The maximum atomic E-state index is 12.3. The van der Waals surface area contributed by atoms with Crippen LogP contribution in [0.2, 0.25) is 0 Å². The van der Waals surface area contributed by atoms with Crippen LogP contribution >= 0.6 is 0 Å². The quantitative estimate of drug-likeness (QED) is 0.922. The first kappa shape index (κ1) is 14.9. The van der Waals surface area contributed by atoms with Crippen LogP contribution < -0.4 is 10.2 Å². The Bertz CT molecular complexity index is 492. The first-order valence-electron chi connectivity index (χ1n) is 7.24. The van der Waals surface area contributed by atoms with Crippen molar-refractivity contribution in [1.82, 2.24) is 5.32 Å². The third-order valence-corrected chi connectivity index (χ3v) is 3.26. The van der Waals surface area contributed by atoms with Crippen molar-refractivity contribution in [3.8, 4) is 0 Å². The number of fused-ring (bicyclic) bond motifs is 1. The number of ether oxygens (including phenoxy) is 1. The van der Waals surface area contributed by atoms with Gasteiger partial charge in [-0.05, 0) is 44.9 Å². The summed E-state index contributed by atoms with van der Waals surface area (Å²) in [5.41, 5.74) is 2.96. The lowest BCUT2D eigenvalue weighted by molar-refractivity contribution is 0.0583. The Morgan fingerprint density at radius 1 is 1.40 bits per heavy atom. The number of carbonyl (C=O) groups is 1. The van der Waals surface area contributed by atoms with E-state index in [2.05, 4.69) is 30.4 Å². The van der Waals surface area contributed by atoms with Crippen molar-refractivity contribution >= 4 is 11.8 Å². The highest BCUT2D eigenvalue weighted by Crippen LogP contribution is 2.33. The van der Waals surface area contributed by atoms with Gasteiger partial charge < -0.3 is 10.1 Å². The van der Waals surface area contributed by atoms with E-state index in [1.807, 2.05) is 20.8 Å². The van der Waals surface area contributed by atoms with Gasteiger partial charge in [0, 0.05) is 13.1 Å². The Morgan fingerprint density at radius 3 is 2.80 bits per heavy atom. The van der Waals surface area contributed by atoms with Crippen LogP contribution in [0, 0.1) is 0 Å². The zero-order valence-corrected chi connectivity index (χ0v) is 12.8. The van der Waals surface area contributed by atoms with Crippen LogP contribution in [-0.4, -0.2) is 24.8 Å². The number of hydrogen-bond acceptors (Lipinski definition) is 3. The Morgan fingerprint density at radius 2 is 2.15 bits per heavy atom. The van der Waals surface area contributed by atoms with Gasteiger partial charge in [-0.2, -0.15) is 0 Å². The molecule has 0 saturated heterocycles. The average Bonchev–Trinajstić information content (AvgIpc) is 2.78. The van der Waals surface area contributed by atoms with E-state index in [1.165, 1.54) is 5.56 Å². The Balaban J connectivity index is 2.24. The van der Waals surface area contributed by atoms with Gasteiger partial charge in [-0.15, -0.1) is 0 Å². The Labute approximate surface area is 121 Å². The van der Waals surface area contributed by atoms with Gasteiger partial charge >= 0.3 is 6.09 Å². The molecule has 0 radical (unpaired) electrons. The van der Waals surface area contributed by atoms with Crippen LogP contribution in [0.1, 0.15) is 38.8 Å². The molecule has 0 fully saturated rings. The van der Waals surface area contributed by atoms with Gasteiger partial charge in [0.2, 0.25) is 0 Å². The largest absolute Gasteiger partial charge is 0.443 e. The number of amides is 1. The lowest BCUT2D eigenvalue weighted by Crippen LogP contribution is -2.36. The van der Waals surface area contributed by atoms with Crippen molar-refractivity contribution in [3.63, 3.8) is 0 Å². The molecule has 4 nitrogen and oxygen atoms in total. The molecule has 1 aromatic carbocycles. The molecule has 1 amide bonds. The molecule has 1 N–H and O–H groups in total. The first-order chi connectivity index (χ1) is 9.42. The Kier molecular flexibility index (Phi) is 4.33. The van der Waals surface area contributed by atoms with Crippen molar-refractivity contribution in [2.45, 2.75) is 46.3 Å². The van der Waals surface area contributed by atoms with E-state index in [4.69, 9.17) is 4.74 Å². The summed E-state index contributed by atoms with van der Waals surface area (Å²) in [4.78, 5) is 14.1. The fourth-order valence-corrected chi connectivity index (χ4v) is 2.44. The van der Waals surface area contributed by atoms with E-state index in [0.717, 1.165) is 30.8 Å². The van der Waals surface area contributed by atoms with E-state index in [1.54, 1.807) is 4.90 Å². The van der Waals surface area contributed by atoms with Gasteiger partial charge in [-0.25, -0.2) is 4.79 Å². The molecule has 0 unspecified atom stereocenters. The van der Waals surface area contributed by atoms with Gasteiger partial charge in [0.25, 0.3) is 0 Å². The van der Waals surface area contributed by atoms with Crippen LogP contribution in [-0.2, 0) is 17.7 Å². The predicted molar refractivity (Wildman–Crippen MR) is 81.1 cm³/mol. The summed E-state index contributed by atoms with van der Waals surface area (Å²) in [5, 5.41) is 3.32. The average molecular weight is 276 g/mol. The van der Waals surface area contributed by atoms with Crippen LogP contribution in [0.15, 0.2) is 18.2 Å². The highest BCUT2D eigenvalue weighted by molar-refractivity contribution is 5.91. The molecule has 1 aromatic rings. The van der Waals surface area contributed by atoms with Gasteiger partial charge in [-0.1, -0.05) is 25.1 Å². The number of benzene rings is 1. The molecule has 0 spiro atoms. The van der Waals surface area contributed by atoms with Gasteiger partial charge in [0.15, 0.2) is 0 Å². The summed E-state index contributed by atoms with van der Waals surface area (Å²) in [6, 6.07) is 6.23. The van der Waals surface area contributed by atoms with Crippen molar-refractivity contribution in [2.75, 3.05) is 18.0 Å². The molecule has 0 aromatic heterocycles. The van der Waals surface area contributed by atoms with Crippen LogP contribution in [0.5, 0.6) is 0 Å². The van der Waals surface area contributed by atoms with E-state index in [-0.39, 0.29) is 6.09 Å². The SMILES string of the molecule is CCNCc1cccc2c1N(C(=O)OC(C)(C)C)CC2. The molecule has 4 heteroatoms. The van der Waals surface area contributed by atoms with Crippen LogP contribution in [0.4, 0.5) is 10.5 Å². The van der Waals surface area contributed by atoms with Crippen molar-refractivity contribution in [1.29, 1.82) is 0 Å². The second kappa shape index (κ2) is 5.83. The van der Waals surface area contributed by atoms with Crippen molar-refractivity contribution < 1.29 is 9.53 Å². The summed E-state index contributed by atoms with van der Waals surface area (Å²) in [6.45, 7) is 10.2. The molecule has 2 rings (SSSR count). The second-order valence-electron chi connectivity index (χ2n) is 6.09. The Hall–Kier alpha value is -1.55. The van der Waals surface area contributed by atoms with E-state index < -0.39 is 5.60 Å². The van der Waals surface area contributed by atoms with E-state index in [9.17, 15) is 4.79 Å². The van der Waals surface area contributed by atoms with Gasteiger partial charge in [-0.3, -0.25) is 4.90 Å². The molecule has 0 bridgehead atoms. The minimum Gasteiger partial charge on any atom is -0.443 e. The van der Waals surface area contributed by atoms with E-state index >= 15 is 0 Å². The number of hydrogen-bond donors (Lipinski definition) is 1. The molecule has 0 atom stereocenters. The molecule has 1 heterocycles. The monoisotopic (exact) mass is 276 g/mol. The van der Waals surface area contributed by atoms with E-state index in [0.29, 0.717) is 6.54 Å². The van der Waals surface area contributed by atoms with Crippen molar-refractivity contribution in [3.05, 3.63) is 29.3 Å². The number of anilines is 1. The minimum absolute atomic E-state index is 0.250. The highest BCUT2D eigenvalue weighted by atomic mass is 16.6. The normalized spacial score (nSPS) is 14.3.